The molecule has 94 valence electrons. The van der Waals surface area contributed by atoms with Gasteiger partial charge in [-0.15, -0.1) is 0 Å². The number of halogens is 1. The van der Waals surface area contributed by atoms with Crippen LogP contribution in [0.3, 0.4) is 0 Å². The third-order valence-corrected chi connectivity index (χ3v) is 2.35. The van der Waals surface area contributed by atoms with E-state index in [4.69, 9.17) is 0 Å². The van der Waals surface area contributed by atoms with Gasteiger partial charge in [0.1, 0.15) is 5.82 Å². The van der Waals surface area contributed by atoms with Gasteiger partial charge in [-0.05, 0) is 17.9 Å². The highest BCUT2D eigenvalue weighted by molar-refractivity contribution is 5.52. The predicted molar refractivity (Wildman–Crippen MR) is 65.6 cm³/mol. The quantitative estimate of drug-likeness (QED) is 0.646. The van der Waals surface area contributed by atoms with Gasteiger partial charge in [-0.3, -0.25) is 10.1 Å². The molecule has 0 aliphatic heterocycles. The lowest BCUT2D eigenvalue weighted by atomic mass is 9.92. The summed E-state index contributed by atoms with van der Waals surface area (Å²) in [6.07, 6.45) is 0.856. The molecule has 0 heterocycles. The topological polar surface area (TPSA) is 55.2 Å². The number of non-ortho nitro benzene ring substituents is 1. The fourth-order valence-corrected chi connectivity index (χ4v) is 1.33. The number of hydrogen-bond acceptors (Lipinski definition) is 3. The maximum absolute atomic E-state index is 13.4. The molecule has 0 fully saturated rings. The number of benzene rings is 1. The van der Waals surface area contributed by atoms with Crippen molar-refractivity contribution < 1.29 is 9.31 Å². The third-order valence-electron chi connectivity index (χ3n) is 2.35. The van der Waals surface area contributed by atoms with Crippen LogP contribution < -0.4 is 5.32 Å². The van der Waals surface area contributed by atoms with Crippen molar-refractivity contribution in [2.45, 2.75) is 27.2 Å². The van der Waals surface area contributed by atoms with E-state index in [1.54, 1.807) is 0 Å². The van der Waals surface area contributed by atoms with Crippen molar-refractivity contribution in [1.82, 2.24) is 0 Å². The zero-order chi connectivity index (χ0) is 13.1. The second-order valence-corrected chi connectivity index (χ2v) is 5.16. The molecule has 1 N–H and O–H groups in total. The van der Waals surface area contributed by atoms with E-state index in [0.29, 0.717) is 6.54 Å². The SMILES string of the molecule is CC(C)(C)CCNc1cc([N+](=O)[O-])ccc1F. The average Bonchev–Trinajstić information content (AvgIpc) is 2.18. The highest BCUT2D eigenvalue weighted by Gasteiger charge is 2.12. The Hall–Kier alpha value is -1.65. The van der Waals surface area contributed by atoms with Crippen molar-refractivity contribution in [3.05, 3.63) is 34.1 Å². The van der Waals surface area contributed by atoms with Crippen LogP contribution in [0, 0.1) is 21.3 Å². The van der Waals surface area contributed by atoms with Crippen LogP contribution in [0.1, 0.15) is 27.2 Å². The Morgan fingerprint density at radius 1 is 1.41 bits per heavy atom. The van der Waals surface area contributed by atoms with Crippen molar-refractivity contribution in [1.29, 1.82) is 0 Å². The molecule has 0 aromatic heterocycles. The molecule has 0 radical (unpaired) electrons. The normalized spacial score (nSPS) is 11.3. The minimum atomic E-state index is -0.533. The lowest BCUT2D eigenvalue weighted by molar-refractivity contribution is -0.384. The molecule has 0 aliphatic rings. The van der Waals surface area contributed by atoms with E-state index in [9.17, 15) is 14.5 Å². The molecule has 1 aromatic rings. The van der Waals surface area contributed by atoms with Crippen molar-refractivity contribution in [2.75, 3.05) is 11.9 Å². The summed E-state index contributed by atoms with van der Waals surface area (Å²) in [4.78, 5) is 10.0. The summed E-state index contributed by atoms with van der Waals surface area (Å²) in [5.74, 6) is -0.468. The van der Waals surface area contributed by atoms with Gasteiger partial charge in [-0.1, -0.05) is 20.8 Å². The number of hydrogen-bond donors (Lipinski definition) is 1. The zero-order valence-electron chi connectivity index (χ0n) is 10.3. The highest BCUT2D eigenvalue weighted by atomic mass is 19.1. The Labute approximate surface area is 100.0 Å². The Morgan fingerprint density at radius 3 is 2.59 bits per heavy atom. The van der Waals surface area contributed by atoms with Crippen LogP contribution in [0.25, 0.3) is 0 Å². The summed E-state index contributed by atoms with van der Waals surface area (Å²) in [6.45, 7) is 6.83. The van der Waals surface area contributed by atoms with Gasteiger partial charge in [0.2, 0.25) is 0 Å². The molecule has 0 amide bonds. The fourth-order valence-electron chi connectivity index (χ4n) is 1.33. The summed E-state index contributed by atoms with van der Waals surface area (Å²) in [7, 11) is 0. The number of anilines is 1. The van der Waals surface area contributed by atoms with Crippen LogP contribution >= 0.6 is 0 Å². The molecule has 1 aromatic carbocycles. The summed E-state index contributed by atoms with van der Waals surface area (Å²) in [5.41, 5.74) is 0.220. The van der Waals surface area contributed by atoms with E-state index in [0.717, 1.165) is 18.6 Å². The summed E-state index contributed by atoms with van der Waals surface area (Å²) in [5, 5.41) is 13.4. The van der Waals surface area contributed by atoms with Gasteiger partial charge in [0.05, 0.1) is 10.6 Å². The molecule has 1 rings (SSSR count). The first-order chi connectivity index (χ1) is 7.79. The first kappa shape index (κ1) is 13.4. The van der Waals surface area contributed by atoms with E-state index in [1.165, 1.54) is 6.07 Å². The van der Waals surface area contributed by atoms with Crippen molar-refractivity contribution in [2.24, 2.45) is 5.41 Å². The Kier molecular flexibility index (Phi) is 4.04. The number of nitro benzene ring substituents is 1. The second-order valence-electron chi connectivity index (χ2n) is 5.16. The van der Waals surface area contributed by atoms with Gasteiger partial charge in [0, 0.05) is 18.7 Å². The number of nitro groups is 1. The second kappa shape index (κ2) is 5.12. The van der Waals surface area contributed by atoms with E-state index < -0.39 is 10.7 Å². The minimum absolute atomic E-state index is 0.107. The van der Waals surface area contributed by atoms with Gasteiger partial charge < -0.3 is 5.32 Å². The first-order valence-electron chi connectivity index (χ1n) is 5.47. The average molecular weight is 240 g/mol. The molecule has 0 saturated heterocycles. The molecular formula is C12H17FN2O2. The smallest absolute Gasteiger partial charge is 0.271 e. The molecule has 0 atom stereocenters. The monoisotopic (exact) mass is 240 g/mol. The molecular weight excluding hydrogens is 223 g/mol. The molecule has 0 saturated carbocycles. The van der Waals surface area contributed by atoms with Gasteiger partial charge in [0.25, 0.3) is 5.69 Å². The van der Waals surface area contributed by atoms with Crippen molar-refractivity contribution in [3.8, 4) is 0 Å². The summed E-state index contributed by atoms with van der Waals surface area (Å²) >= 11 is 0. The maximum Gasteiger partial charge on any atom is 0.271 e. The maximum atomic E-state index is 13.4. The van der Waals surface area contributed by atoms with Gasteiger partial charge in [-0.2, -0.15) is 0 Å². The fraction of sp³-hybridized carbons (Fsp3) is 0.500. The summed E-state index contributed by atoms with van der Waals surface area (Å²) in [6, 6.07) is 3.49. The number of rotatable bonds is 4. The van der Waals surface area contributed by atoms with Crippen molar-refractivity contribution in [3.63, 3.8) is 0 Å². The van der Waals surface area contributed by atoms with Crippen LogP contribution in [0.15, 0.2) is 18.2 Å². The molecule has 17 heavy (non-hydrogen) atoms. The molecule has 0 spiro atoms. The van der Waals surface area contributed by atoms with Crippen LogP contribution in [-0.2, 0) is 0 Å². The Morgan fingerprint density at radius 2 is 2.06 bits per heavy atom. The lowest BCUT2D eigenvalue weighted by Gasteiger charge is -2.18. The van der Waals surface area contributed by atoms with Gasteiger partial charge >= 0.3 is 0 Å². The van der Waals surface area contributed by atoms with Crippen LogP contribution in [-0.4, -0.2) is 11.5 Å². The first-order valence-corrected chi connectivity index (χ1v) is 5.47. The lowest BCUT2D eigenvalue weighted by Crippen LogP contribution is -2.13. The minimum Gasteiger partial charge on any atom is -0.382 e. The van der Waals surface area contributed by atoms with E-state index in [2.05, 4.69) is 26.1 Å². The molecule has 4 nitrogen and oxygen atoms in total. The summed E-state index contributed by atoms with van der Waals surface area (Å²) < 4.78 is 13.4. The molecule has 0 aliphatic carbocycles. The molecule has 0 bridgehead atoms. The standard InChI is InChI=1S/C12H17FN2O2/c1-12(2,3)6-7-14-11-8-9(15(16)17)4-5-10(11)13/h4-5,8,14H,6-7H2,1-3H3. The van der Waals surface area contributed by atoms with E-state index in [1.807, 2.05) is 0 Å². The Balaban J connectivity index is 2.70. The number of nitrogens with one attached hydrogen (secondary N) is 1. The van der Waals surface area contributed by atoms with Gasteiger partial charge in [-0.25, -0.2) is 4.39 Å². The van der Waals surface area contributed by atoms with Crippen LogP contribution in [0.5, 0.6) is 0 Å². The molecule has 0 unspecified atom stereocenters. The van der Waals surface area contributed by atoms with Gasteiger partial charge in [0.15, 0.2) is 0 Å². The van der Waals surface area contributed by atoms with E-state index in [-0.39, 0.29) is 16.8 Å². The van der Waals surface area contributed by atoms with Crippen LogP contribution in [0.2, 0.25) is 0 Å². The highest BCUT2D eigenvalue weighted by Crippen LogP contribution is 2.23. The van der Waals surface area contributed by atoms with E-state index >= 15 is 0 Å². The van der Waals surface area contributed by atoms with Crippen LogP contribution in [0.4, 0.5) is 15.8 Å². The third kappa shape index (κ3) is 4.38. The zero-order valence-corrected chi connectivity index (χ0v) is 10.3. The molecule has 5 heteroatoms. The predicted octanol–water partition coefficient (Wildman–Crippen LogP) is 3.58. The Bertz CT molecular complexity index is 413. The largest absolute Gasteiger partial charge is 0.382 e. The van der Waals surface area contributed by atoms with Crippen molar-refractivity contribution >= 4 is 11.4 Å². The number of nitrogens with zero attached hydrogens (tertiary/aromatic N) is 1.